The van der Waals surface area contributed by atoms with Crippen LogP contribution in [-0.4, -0.2) is 15.9 Å². The van der Waals surface area contributed by atoms with E-state index in [4.69, 9.17) is 12.2 Å². The van der Waals surface area contributed by atoms with Gasteiger partial charge in [-0.1, -0.05) is 22.0 Å². The lowest BCUT2D eigenvalue weighted by molar-refractivity contribution is -0.384. The average Bonchev–Trinajstić information content (AvgIpc) is 2.50. The number of nitrogens with zero attached hydrogens (tertiary/aromatic N) is 1. The summed E-state index contributed by atoms with van der Waals surface area (Å²) in [5.41, 5.74) is 2.02. The van der Waals surface area contributed by atoms with Gasteiger partial charge in [0.15, 0.2) is 5.11 Å². The van der Waals surface area contributed by atoms with Gasteiger partial charge in [0.2, 0.25) is 0 Å². The van der Waals surface area contributed by atoms with Gasteiger partial charge in [0, 0.05) is 27.9 Å². The van der Waals surface area contributed by atoms with Gasteiger partial charge in [-0.25, -0.2) is 0 Å². The van der Waals surface area contributed by atoms with E-state index in [0.29, 0.717) is 11.3 Å². The number of non-ortho nitro benzene ring substituents is 1. The highest BCUT2D eigenvalue weighted by Crippen LogP contribution is 2.18. The van der Waals surface area contributed by atoms with Crippen LogP contribution in [0, 0.1) is 17.0 Å². The first-order valence-corrected chi connectivity index (χ1v) is 7.70. The third kappa shape index (κ3) is 4.57. The van der Waals surface area contributed by atoms with Crippen LogP contribution < -0.4 is 10.6 Å². The fourth-order valence-electron chi connectivity index (χ4n) is 1.74. The summed E-state index contributed by atoms with van der Waals surface area (Å²) in [6.45, 7) is 1.92. The minimum absolute atomic E-state index is 0.0185. The van der Waals surface area contributed by atoms with Crippen molar-refractivity contribution in [2.24, 2.45) is 0 Å². The lowest BCUT2D eigenvalue weighted by Crippen LogP contribution is -2.34. The smallest absolute Gasteiger partial charge is 0.269 e. The summed E-state index contributed by atoms with van der Waals surface area (Å²) in [6.07, 6.45) is 0. The van der Waals surface area contributed by atoms with Crippen molar-refractivity contribution in [1.82, 2.24) is 5.32 Å². The third-order valence-electron chi connectivity index (χ3n) is 3.00. The zero-order chi connectivity index (χ0) is 17.0. The second kappa shape index (κ2) is 7.30. The Morgan fingerprint density at radius 1 is 1.22 bits per heavy atom. The molecule has 0 aliphatic carbocycles. The van der Waals surface area contributed by atoms with E-state index in [0.717, 1.165) is 10.0 Å². The topological polar surface area (TPSA) is 84.3 Å². The van der Waals surface area contributed by atoms with E-state index in [-0.39, 0.29) is 16.7 Å². The third-order valence-corrected chi connectivity index (χ3v) is 4.06. The lowest BCUT2D eigenvalue weighted by atomic mass is 10.1. The van der Waals surface area contributed by atoms with E-state index in [9.17, 15) is 14.9 Å². The van der Waals surface area contributed by atoms with E-state index in [1.807, 2.05) is 13.0 Å². The first-order valence-electron chi connectivity index (χ1n) is 6.50. The molecule has 0 aromatic heterocycles. The maximum absolute atomic E-state index is 12.1. The number of carbonyl (C=O) groups excluding carboxylic acids is 1. The number of nitrogens with one attached hydrogen (secondary N) is 2. The largest absolute Gasteiger partial charge is 0.332 e. The Balaban J connectivity index is 1.99. The molecular weight excluding hydrogens is 382 g/mol. The molecule has 0 heterocycles. The first kappa shape index (κ1) is 17.0. The Bertz CT molecular complexity index is 778. The number of nitro groups is 1. The molecule has 0 aliphatic rings. The van der Waals surface area contributed by atoms with Crippen LogP contribution in [0.1, 0.15) is 15.9 Å². The summed E-state index contributed by atoms with van der Waals surface area (Å²) >= 11 is 8.44. The van der Waals surface area contributed by atoms with E-state index in [1.54, 1.807) is 12.1 Å². The van der Waals surface area contributed by atoms with E-state index >= 15 is 0 Å². The normalized spacial score (nSPS) is 10.0. The fraction of sp³-hybridized carbons (Fsp3) is 0.0667. The number of anilines is 1. The molecule has 0 spiro atoms. The van der Waals surface area contributed by atoms with E-state index in [2.05, 4.69) is 26.6 Å². The van der Waals surface area contributed by atoms with Gasteiger partial charge in [0.05, 0.1) is 4.92 Å². The van der Waals surface area contributed by atoms with Gasteiger partial charge < -0.3 is 5.32 Å². The van der Waals surface area contributed by atoms with Crippen LogP contribution in [0.4, 0.5) is 11.4 Å². The van der Waals surface area contributed by atoms with Gasteiger partial charge in [-0.05, 0) is 49.0 Å². The number of halogens is 1. The van der Waals surface area contributed by atoms with Crippen LogP contribution in [0.2, 0.25) is 0 Å². The number of hydrogen-bond donors (Lipinski definition) is 2. The van der Waals surface area contributed by atoms with Crippen molar-refractivity contribution >= 4 is 50.5 Å². The second-order valence-corrected chi connectivity index (χ2v) is 5.94. The van der Waals surface area contributed by atoms with Crippen molar-refractivity contribution < 1.29 is 9.72 Å². The summed E-state index contributed by atoms with van der Waals surface area (Å²) in [5, 5.41) is 16.1. The lowest BCUT2D eigenvalue weighted by Gasteiger charge is -2.10. The zero-order valence-electron chi connectivity index (χ0n) is 12.0. The molecule has 0 bridgehead atoms. The molecule has 2 aromatic rings. The molecule has 2 N–H and O–H groups in total. The van der Waals surface area contributed by atoms with Crippen molar-refractivity contribution in [1.29, 1.82) is 0 Å². The Morgan fingerprint density at radius 2 is 1.87 bits per heavy atom. The van der Waals surface area contributed by atoms with Gasteiger partial charge in [-0.3, -0.25) is 20.2 Å². The van der Waals surface area contributed by atoms with Gasteiger partial charge >= 0.3 is 0 Å². The molecule has 8 heteroatoms. The van der Waals surface area contributed by atoms with Gasteiger partial charge in [-0.2, -0.15) is 0 Å². The molecule has 2 rings (SSSR count). The van der Waals surface area contributed by atoms with Crippen LogP contribution in [0.5, 0.6) is 0 Å². The summed E-state index contributed by atoms with van der Waals surface area (Å²) in [7, 11) is 0. The van der Waals surface area contributed by atoms with Crippen LogP contribution >= 0.6 is 28.1 Å². The molecule has 0 aliphatic heterocycles. The molecule has 0 radical (unpaired) electrons. The Labute approximate surface area is 146 Å². The van der Waals surface area contributed by atoms with E-state index < -0.39 is 4.92 Å². The van der Waals surface area contributed by atoms with E-state index in [1.165, 1.54) is 24.3 Å². The Morgan fingerprint density at radius 3 is 2.43 bits per heavy atom. The molecule has 0 fully saturated rings. The van der Waals surface area contributed by atoms with Gasteiger partial charge in [0.25, 0.3) is 11.6 Å². The van der Waals surface area contributed by atoms with Gasteiger partial charge in [-0.15, -0.1) is 0 Å². The summed E-state index contributed by atoms with van der Waals surface area (Å²) in [4.78, 5) is 22.2. The van der Waals surface area contributed by atoms with Crippen molar-refractivity contribution in [3.8, 4) is 0 Å². The van der Waals surface area contributed by atoms with Gasteiger partial charge in [0.1, 0.15) is 0 Å². The molecule has 2 aromatic carbocycles. The van der Waals surface area contributed by atoms with Crippen molar-refractivity contribution in [3.63, 3.8) is 0 Å². The Hall–Kier alpha value is -2.32. The number of thiocarbonyl (C=S) groups is 1. The number of benzene rings is 2. The molecule has 0 unspecified atom stereocenters. The summed E-state index contributed by atoms with van der Waals surface area (Å²) in [6, 6.07) is 11.0. The minimum atomic E-state index is -0.487. The zero-order valence-corrected chi connectivity index (χ0v) is 14.4. The second-order valence-electron chi connectivity index (χ2n) is 4.68. The molecule has 1 amide bonds. The van der Waals surface area contributed by atoms with Crippen LogP contribution in [-0.2, 0) is 0 Å². The predicted octanol–water partition coefficient (Wildman–Crippen LogP) is 3.79. The summed E-state index contributed by atoms with van der Waals surface area (Å²) < 4.78 is 0.833. The highest BCUT2D eigenvalue weighted by Gasteiger charge is 2.10. The van der Waals surface area contributed by atoms with Crippen LogP contribution in [0.3, 0.4) is 0 Å². The minimum Gasteiger partial charge on any atom is -0.332 e. The SMILES string of the molecule is Cc1ccc(C(=O)NC(=S)Nc2ccc([N+](=O)[O-])cc2)cc1Br. The average molecular weight is 394 g/mol. The maximum atomic E-state index is 12.1. The quantitative estimate of drug-likeness (QED) is 0.470. The molecule has 6 nitrogen and oxygen atoms in total. The highest BCUT2D eigenvalue weighted by atomic mass is 79.9. The number of carbonyl (C=O) groups is 1. The first-order chi connectivity index (χ1) is 10.9. The number of rotatable bonds is 3. The standard InChI is InChI=1S/C15H12BrN3O3S/c1-9-2-3-10(8-13(9)16)14(20)18-15(23)17-11-4-6-12(7-5-11)19(21)22/h2-8H,1H3,(H2,17,18,20,23). The predicted molar refractivity (Wildman–Crippen MR) is 95.7 cm³/mol. The van der Waals surface area contributed by atoms with Crippen LogP contribution in [0.15, 0.2) is 46.9 Å². The highest BCUT2D eigenvalue weighted by molar-refractivity contribution is 9.10. The molecule has 118 valence electrons. The number of nitro benzene ring substituents is 1. The molecule has 0 saturated carbocycles. The number of hydrogen-bond acceptors (Lipinski definition) is 4. The van der Waals surface area contributed by atoms with Crippen molar-refractivity contribution in [2.75, 3.05) is 5.32 Å². The Kier molecular flexibility index (Phi) is 5.41. The number of amides is 1. The van der Waals surface area contributed by atoms with Crippen molar-refractivity contribution in [2.45, 2.75) is 6.92 Å². The molecule has 0 atom stereocenters. The molecule has 0 saturated heterocycles. The number of aryl methyl sites for hydroxylation is 1. The molecule has 23 heavy (non-hydrogen) atoms. The fourth-order valence-corrected chi connectivity index (χ4v) is 2.33. The monoisotopic (exact) mass is 393 g/mol. The van der Waals surface area contributed by atoms with Crippen LogP contribution in [0.25, 0.3) is 0 Å². The summed E-state index contributed by atoms with van der Waals surface area (Å²) in [5.74, 6) is -0.342. The maximum Gasteiger partial charge on any atom is 0.269 e. The van der Waals surface area contributed by atoms with Crippen molar-refractivity contribution in [3.05, 3.63) is 68.2 Å². The molecular formula is C15H12BrN3O3S.